The van der Waals surface area contributed by atoms with Crippen molar-refractivity contribution in [1.82, 2.24) is 10.2 Å². The Morgan fingerprint density at radius 3 is 1.55 bits per heavy atom. The lowest BCUT2D eigenvalue weighted by Crippen LogP contribution is -2.30. The average molecular weight is 1210 g/mol. The second-order valence-corrected chi connectivity index (χ2v) is 23.2. The highest BCUT2D eigenvalue weighted by molar-refractivity contribution is 6.14. The van der Waals surface area contributed by atoms with Gasteiger partial charge < -0.3 is 29.0 Å². The summed E-state index contributed by atoms with van der Waals surface area (Å²) in [6.07, 6.45) is 23.2. The van der Waals surface area contributed by atoms with E-state index in [4.69, 9.17) is 33.7 Å². The Balaban J connectivity index is 1.19. The zero-order valence-corrected chi connectivity index (χ0v) is 54.3. The highest BCUT2D eigenvalue weighted by Crippen LogP contribution is 2.35. The zero-order valence-electron chi connectivity index (χ0n) is 54.3. The number of nitrogens with one attached hydrogen (secondary N) is 1. The van der Waals surface area contributed by atoms with Crippen molar-refractivity contribution in [2.24, 2.45) is 21.8 Å². The number of nitrogens with zero attached hydrogens (tertiary/aromatic N) is 4. The van der Waals surface area contributed by atoms with E-state index in [1.165, 1.54) is 29.9 Å². The minimum absolute atomic E-state index is 0.224. The Morgan fingerprint density at radius 2 is 1.04 bits per heavy atom. The Kier molecular flexibility index (Phi) is 31.2. The van der Waals surface area contributed by atoms with E-state index < -0.39 is 0 Å². The molecule has 1 aliphatic rings. The summed E-state index contributed by atoms with van der Waals surface area (Å²) >= 11 is 0. The maximum atomic E-state index is 12.0. The third-order valence-electron chi connectivity index (χ3n) is 16.4. The molecule has 0 aromatic heterocycles. The first-order valence-corrected chi connectivity index (χ1v) is 33.0. The molecule has 5 aromatic carbocycles. The first-order chi connectivity index (χ1) is 43.5. The van der Waals surface area contributed by atoms with Crippen LogP contribution in [0.25, 0.3) is 11.3 Å². The second kappa shape index (κ2) is 39.7. The molecule has 0 radical (unpaired) electrons. The summed E-state index contributed by atoms with van der Waals surface area (Å²) in [5, 5.41) is 13.9. The van der Waals surface area contributed by atoms with Crippen LogP contribution < -0.4 is 29.0 Å². The predicted molar refractivity (Wildman–Crippen MR) is 365 cm³/mol. The van der Waals surface area contributed by atoms with Crippen LogP contribution in [-0.2, 0) is 9.59 Å². The molecule has 1 aliphatic heterocycles. The van der Waals surface area contributed by atoms with Gasteiger partial charge in [0.15, 0.2) is 5.84 Å². The van der Waals surface area contributed by atoms with E-state index in [0.717, 1.165) is 173 Å². The van der Waals surface area contributed by atoms with Gasteiger partial charge in [-0.15, -0.1) is 0 Å². The number of hydrogen-bond donors (Lipinski definition) is 1. The number of amidine groups is 1. The average Bonchev–Trinajstić information content (AvgIpc) is 2.95. The van der Waals surface area contributed by atoms with E-state index in [1.54, 1.807) is 7.11 Å². The Morgan fingerprint density at radius 1 is 0.562 bits per heavy atom. The molecule has 1 N–H and O–H groups in total. The molecule has 12 heteroatoms. The molecule has 6 rings (SSSR count). The predicted octanol–water partition coefficient (Wildman–Crippen LogP) is 18.3. The van der Waals surface area contributed by atoms with Crippen LogP contribution in [0.2, 0.25) is 0 Å². The first kappa shape index (κ1) is 69.9. The number of hydrogen-bond acceptors (Lipinski definition) is 10. The Hall–Kier alpha value is -8.17. The van der Waals surface area contributed by atoms with Crippen molar-refractivity contribution >= 4 is 34.6 Å². The number of rotatable bonds is 43. The number of unbranched alkanes of at least 4 members (excludes halogenated alkanes) is 12. The van der Waals surface area contributed by atoms with Crippen LogP contribution >= 0.6 is 0 Å². The fraction of sp³-hybridized carbons (Fsp3) is 0.442. The number of amides is 2. The smallest absolute Gasteiger partial charge is 0.253 e. The highest BCUT2D eigenvalue weighted by atomic mass is 16.5. The fourth-order valence-corrected chi connectivity index (χ4v) is 10.8. The molecule has 0 saturated carbocycles. The van der Waals surface area contributed by atoms with Crippen LogP contribution in [0, 0.1) is 23.2 Å². The van der Waals surface area contributed by atoms with Crippen molar-refractivity contribution in [1.29, 1.82) is 5.26 Å². The van der Waals surface area contributed by atoms with Crippen LogP contribution in [-0.4, -0.2) is 74.9 Å². The van der Waals surface area contributed by atoms with Gasteiger partial charge in [0.1, 0.15) is 34.8 Å². The summed E-state index contributed by atoms with van der Waals surface area (Å²) in [5.74, 6) is 4.38. The molecule has 2 atom stereocenters. The largest absolute Gasteiger partial charge is 0.497 e. The number of benzene rings is 5. The van der Waals surface area contributed by atoms with Crippen LogP contribution in [0.15, 0.2) is 168 Å². The summed E-state index contributed by atoms with van der Waals surface area (Å²) in [6, 6.07) is 42.3. The molecule has 474 valence electrons. The molecule has 89 heavy (non-hydrogen) atoms. The number of methoxy groups -OCH3 is 1. The van der Waals surface area contributed by atoms with Gasteiger partial charge in [-0.1, -0.05) is 191 Å². The van der Waals surface area contributed by atoms with Gasteiger partial charge in [-0.25, -0.2) is 9.98 Å². The van der Waals surface area contributed by atoms with Gasteiger partial charge in [-0.05, 0) is 123 Å². The first-order valence-electron chi connectivity index (χ1n) is 33.0. The fourth-order valence-electron chi connectivity index (χ4n) is 10.8. The Bertz CT molecular complexity index is 3100. The number of aliphatic imine (C=N–C) groups is 2. The third kappa shape index (κ3) is 23.4. The molecule has 2 unspecified atom stereocenters. The van der Waals surface area contributed by atoms with E-state index in [9.17, 15) is 14.9 Å². The summed E-state index contributed by atoms with van der Waals surface area (Å²) in [6.45, 7) is 23.2. The van der Waals surface area contributed by atoms with Crippen LogP contribution in [0.1, 0.15) is 191 Å². The van der Waals surface area contributed by atoms with Crippen LogP contribution in [0.3, 0.4) is 0 Å². The van der Waals surface area contributed by atoms with E-state index in [0.29, 0.717) is 84.7 Å². The number of nitriles is 1. The molecule has 0 fully saturated rings. The molecule has 2 amide bonds. The molecule has 0 saturated heterocycles. The van der Waals surface area contributed by atoms with Crippen molar-refractivity contribution in [2.45, 2.75) is 163 Å². The van der Waals surface area contributed by atoms with Gasteiger partial charge in [-0.2, -0.15) is 5.26 Å². The summed E-state index contributed by atoms with van der Waals surface area (Å²) in [4.78, 5) is 35.9. The lowest BCUT2D eigenvalue weighted by atomic mass is 9.92. The van der Waals surface area contributed by atoms with E-state index >= 15 is 0 Å². The SMILES string of the molecule is C=C(NCCCCCCCCOc1cc(OCC(CC)CCCC)ccc1C(N=C(C)c1ccc(OC)cc1)=NC(=C)c1ccc(OCC(CC)CCCC)cc1OCCCCCCCCN1C(=O)C=CC1=O)C(C#N)=C(c1ccccc1)c1ccccc1. The number of imide groups is 1. The van der Waals surface area contributed by atoms with Gasteiger partial charge in [0, 0.05) is 59.9 Å². The second-order valence-electron chi connectivity index (χ2n) is 23.2. The monoisotopic (exact) mass is 1210 g/mol. The minimum atomic E-state index is -0.224. The van der Waals surface area contributed by atoms with Gasteiger partial charge >= 0.3 is 0 Å². The maximum absolute atomic E-state index is 12.0. The van der Waals surface area contributed by atoms with Gasteiger partial charge in [0.05, 0.1) is 50.4 Å². The normalized spacial score (nSPS) is 13.0. The number of ether oxygens (including phenoxy) is 5. The van der Waals surface area contributed by atoms with Crippen LogP contribution in [0.5, 0.6) is 28.7 Å². The minimum Gasteiger partial charge on any atom is -0.497 e. The van der Waals surface area contributed by atoms with Crippen molar-refractivity contribution < 1.29 is 33.3 Å². The molecule has 0 spiro atoms. The standard InChI is InChI=1S/C77H99N5O7/c1-9-13-33-61(11-3)56-88-67-43-45-69(72(53-67)86-51-31-22-18-16-20-30-50-82-74(83)47-48-75(82)84)60(7)81-77(80-58(5)63-39-41-66(85-8)42-40-63)70-46-44-68(89-57-62(12-4)34-14-10-2)54-73(70)87-52-32-21-17-15-19-29-49-79-59(6)71(55-78)76(64-35-25-23-26-36-64)65-37-27-24-28-38-65/h23-28,35-48,53-54,61-62,79H,6-7,9-22,29-34,49-52,56-57H2,1-5,8H3. The summed E-state index contributed by atoms with van der Waals surface area (Å²) < 4.78 is 32.0. The molecule has 0 bridgehead atoms. The lowest BCUT2D eigenvalue weighted by molar-refractivity contribution is -0.136. The molecule has 5 aromatic rings. The molecular weight excluding hydrogens is 1110 g/mol. The van der Waals surface area contributed by atoms with Gasteiger partial charge in [-0.3, -0.25) is 14.5 Å². The molecule has 12 nitrogen and oxygen atoms in total. The zero-order chi connectivity index (χ0) is 63.4. The number of carbonyl (C=O) groups excluding carboxylic acids is 2. The maximum Gasteiger partial charge on any atom is 0.253 e. The van der Waals surface area contributed by atoms with Crippen molar-refractivity contribution in [3.05, 3.63) is 186 Å². The molecule has 0 aliphatic carbocycles. The molecular formula is C77H99N5O7. The summed E-state index contributed by atoms with van der Waals surface area (Å²) in [5.41, 5.74) is 7.60. The van der Waals surface area contributed by atoms with Gasteiger partial charge in [0.2, 0.25) is 0 Å². The van der Waals surface area contributed by atoms with Crippen molar-refractivity contribution in [2.75, 3.05) is 46.6 Å². The topological polar surface area (TPSA) is 144 Å². The van der Waals surface area contributed by atoms with Gasteiger partial charge in [0.25, 0.3) is 11.8 Å². The van der Waals surface area contributed by atoms with Crippen molar-refractivity contribution in [3.63, 3.8) is 0 Å². The lowest BCUT2D eigenvalue weighted by Gasteiger charge is -2.19. The summed E-state index contributed by atoms with van der Waals surface area (Å²) in [7, 11) is 1.66. The van der Waals surface area contributed by atoms with Crippen molar-refractivity contribution in [3.8, 4) is 34.8 Å². The van der Waals surface area contributed by atoms with E-state index in [1.807, 2.05) is 128 Å². The van der Waals surface area contributed by atoms with E-state index in [2.05, 4.69) is 52.2 Å². The van der Waals surface area contributed by atoms with E-state index in [-0.39, 0.29) is 11.8 Å². The van der Waals surface area contributed by atoms with Crippen LogP contribution in [0.4, 0.5) is 0 Å². The quantitative estimate of drug-likeness (QED) is 0.0101. The third-order valence-corrected chi connectivity index (χ3v) is 16.4. The number of allylic oxidation sites excluding steroid dienone is 1. The number of carbonyl (C=O) groups is 2. The molecule has 1 heterocycles. The Labute approximate surface area is 532 Å². The highest BCUT2D eigenvalue weighted by Gasteiger charge is 2.23.